The minimum atomic E-state index is -4.35. The molecule has 2 aliphatic heterocycles. The van der Waals surface area contributed by atoms with Gasteiger partial charge < -0.3 is 9.80 Å². The van der Waals surface area contributed by atoms with Crippen LogP contribution in [0.3, 0.4) is 0 Å². The van der Waals surface area contributed by atoms with Gasteiger partial charge in [-0.3, -0.25) is 19.6 Å². The van der Waals surface area contributed by atoms with E-state index in [4.69, 9.17) is 0 Å². The van der Waals surface area contributed by atoms with Crippen LogP contribution in [0.2, 0.25) is 0 Å². The number of piperidine rings is 1. The maximum Gasteiger partial charge on any atom is 0.416 e. The van der Waals surface area contributed by atoms with Gasteiger partial charge >= 0.3 is 6.18 Å². The van der Waals surface area contributed by atoms with Crippen LogP contribution in [0.1, 0.15) is 36.1 Å². The first-order valence-electron chi connectivity index (χ1n) is 15.3. The molecule has 230 valence electrons. The number of benzene rings is 2. The maximum absolute atomic E-state index is 13.3. The van der Waals surface area contributed by atoms with E-state index in [1.54, 1.807) is 6.07 Å². The molecular weight excluding hydrogens is 551 g/mol. The van der Waals surface area contributed by atoms with Crippen molar-refractivity contribution in [1.29, 1.82) is 0 Å². The Bertz CT molecular complexity index is 1300. The molecule has 0 spiro atoms. The van der Waals surface area contributed by atoms with Gasteiger partial charge in [0.1, 0.15) is 0 Å². The van der Waals surface area contributed by atoms with Crippen LogP contribution < -0.4 is 4.90 Å². The van der Waals surface area contributed by atoms with Gasteiger partial charge in [-0.1, -0.05) is 42.5 Å². The number of pyridine rings is 1. The molecule has 2 fully saturated rings. The molecular formula is C34H42F3N5O. The van der Waals surface area contributed by atoms with E-state index in [9.17, 15) is 18.0 Å². The second-order valence-electron chi connectivity index (χ2n) is 11.8. The van der Waals surface area contributed by atoms with Crippen LogP contribution in [0.4, 0.5) is 18.9 Å². The molecule has 0 unspecified atom stereocenters. The van der Waals surface area contributed by atoms with E-state index in [2.05, 4.69) is 37.9 Å². The van der Waals surface area contributed by atoms with Crippen LogP contribution in [0.15, 0.2) is 79.0 Å². The van der Waals surface area contributed by atoms with Gasteiger partial charge in [0, 0.05) is 83.8 Å². The molecule has 2 aromatic carbocycles. The molecule has 0 aliphatic carbocycles. The number of carbonyl (C=O) groups excluding carboxylic acids is 1. The molecule has 0 radical (unpaired) electrons. The van der Waals surface area contributed by atoms with E-state index in [-0.39, 0.29) is 5.91 Å². The fourth-order valence-electron chi connectivity index (χ4n) is 6.48. The zero-order chi connectivity index (χ0) is 30.2. The number of hydrogen-bond acceptors (Lipinski definition) is 5. The first-order chi connectivity index (χ1) is 20.8. The van der Waals surface area contributed by atoms with E-state index in [0.29, 0.717) is 43.7 Å². The molecule has 43 heavy (non-hydrogen) atoms. The van der Waals surface area contributed by atoms with Crippen LogP contribution in [-0.2, 0) is 23.9 Å². The molecule has 2 saturated heterocycles. The summed E-state index contributed by atoms with van der Waals surface area (Å²) < 4.78 is 39.9. The smallest absolute Gasteiger partial charge is 0.369 e. The highest BCUT2D eigenvalue weighted by Gasteiger charge is 2.36. The second kappa shape index (κ2) is 14.4. The van der Waals surface area contributed by atoms with Gasteiger partial charge in [-0.15, -0.1) is 0 Å². The fourth-order valence-corrected chi connectivity index (χ4v) is 6.48. The lowest BCUT2D eigenvalue weighted by Gasteiger charge is -2.47. The number of aromatic nitrogens is 1. The largest absolute Gasteiger partial charge is 0.416 e. The summed E-state index contributed by atoms with van der Waals surface area (Å²) in [6, 6.07) is 22.2. The van der Waals surface area contributed by atoms with Crippen molar-refractivity contribution in [2.45, 2.75) is 44.4 Å². The van der Waals surface area contributed by atoms with E-state index in [1.165, 1.54) is 17.7 Å². The molecule has 9 heteroatoms. The van der Waals surface area contributed by atoms with Crippen molar-refractivity contribution < 1.29 is 18.0 Å². The lowest BCUT2D eigenvalue weighted by Crippen LogP contribution is -2.56. The molecule has 5 rings (SSSR count). The second-order valence-corrected chi connectivity index (χ2v) is 11.8. The number of nitrogens with zero attached hydrogens (tertiary/aromatic N) is 5. The lowest BCUT2D eigenvalue weighted by atomic mass is 9.86. The standard InChI is InChI=1S/C34H42F3N5O/c1-39(18-15-27-8-3-2-4-9-27)33(43)14-13-28-25-40(26-30-11-5-6-17-38-30)19-16-32(28)42-22-20-41(21-23-42)31-12-7-10-29(24-31)34(35,36)37/h2-12,17,24,28,32H,13-16,18-23,25-26H2,1H3/t28-,32+/m0/s1. The highest BCUT2D eigenvalue weighted by Crippen LogP contribution is 2.33. The van der Waals surface area contributed by atoms with Crippen molar-refractivity contribution >= 4 is 11.6 Å². The Balaban J connectivity index is 1.20. The first kappa shape index (κ1) is 31.0. The molecule has 2 aliphatic rings. The van der Waals surface area contributed by atoms with Crippen LogP contribution >= 0.6 is 0 Å². The lowest BCUT2D eigenvalue weighted by molar-refractivity contribution is -0.137. The number of halogens is 3. The van der Waals surface area contributed by atoms with Crippen molar-refractivity contribution in [3.05, 3.63) is 95.8 Å². The van der Waals surface area contributed by atoms with E-state index in [1.807, 2.05) is 48.5 Å². The van der Waals surface area contributed by atoms with Gasteiger partial charge in [0.25, 0.3) is 0 Å². The maximum atomic E-state index is 13.3. The van der Waals surface area contributed by atoms with Crippen LogP contribution in [0, 0.1) is 5.92 Å². The Labute approximate surface area is 253 Å². The molecule has 3 aromatic rings. The zero-order valence-corrected chi connectivity index (χ0v) is 24.9. The molecule has 3 heterocycles. The van der Waals surface area contributed by atoms with Gasteiger partial charge in [0.2, 0.25) is 5.91 Å². The Morgan fingerprint density at radius 1 is 0.953 bits per heavy atom. The molecule has 0 bridgehead atoms. The Morgan fingerprint density at radius 3 is 2.44 bits per heavy atom. The minimum Gasteiger partial charge on any atom is -0.369 e. The quantitative estimate of drug-likeness (QED) is 0.307. The summed E-state index contributed by atoms with van der Waals surface area (Å²) in [5.74, 6) is 0.495. The summed E-state index contributed by atoms with van der Waals surface area (Å²) in [5, 5.41) is 0. The minimum absolute atomic E-state index is 0.172. The number of hydrogen-bond donors (Lipinski definition) is 0. The number of piperazine rings is 1. The predicted octanol–water partition coefficient (Wildman–Crippen LogP) is 5.59. The van der Waals surface area contributed by atoms with Crippen molar-refractivity contribution in [2.75, 3.05) is 57.8 Å². The first-order valence-corrected chi connectivity index (χ1v) is 15.3. The predicted molar refractivity (Wildman–Crippen MR) is 164 cm³/mol. The van der Waals surface area contributed by atoms with Gasteiger partial charge in [-0.2, -0.15) is 13.2 Å². The van der Waals surface area contributed by atoms with Crippen LogP contribution in [-0.4, -0.2) is 84.5 Å². The highest BCUT2D eigenvalue weighted by atomic mass is 19.4. The van der Waals surface area contributed by atoms with Crippen molar-refractivity contribution in [1.82, 2.24) is 19.7 Å². The summed E-state index contributed by atoms with van der Waals surface area (Å²) in [6.07, 6.45) is 0.636. The third-order valence-electron chi connectivity index (χ3n) is 8.95. The normalized spacial score (nSPS) is 20.2. The number of alkyl halides is 3. The highest BCUT2D eigenvalue weighted by molar-refractivity contribution is 5.75. The molecule has 0 N–H and O–H groups in total. The SMILES string of the molecule is CN(CCc1ccccc1)C(=O)CC[C@H]1CN(Cc2ccccn2)CC[C@H]1N1CCN(c2cccc(C(F)(F)F)c2)CC1. The number of likely N-dealkylation sites (tertiary alicyclic amines) is 1. The number of rotatable bonds is 10. The average Bonchev–Trinajstić information content (AvgIpc) is 3.03. The number of anilines is 1. The topological polar surface area (TPSA) is 42.9 Å². The van der Waals surface area contributed by atoms with Gasteiger partial charge in [0.05, 0.1) is 11.3 Å². The molecule has 1 amide bonds. The van der Waals surface area contributed by atoms with E-state index >= 15 is 0 Å². The van der Waals surface area contributed by atoms with Crippen molar-refractivity contribution in [2.24, 2.45) is 5.92 Å². The average molecular weight is 594 g/mol. The molecule has 6 nitrogen and oxygen atoms in total. The third kappa shape index (κ3) is 8.57. The van der Waals surface area contributed by atoms with Gasteiger partial charge in [-0.05, 0) is 61.1 Å². The molecule has 0 saturated carbocycles. The fraction of sp³-hybridized carbons (Fsp3) is 0.471. The Hall–Kier alpha value is -3.43. The Kier molecular flexibility index (Phi) is 10.4. The molecule has 1 aromatic heterocycles. The summed E-state index contributed by atoms with van der Waals surface area (Å²) >= 11 is 0. The van der Waals surface area contributed by atoms with Gasteiger partial charge in [-0.25, -0.2) is 0 Å². The van der Waals surface area contributed by atoms with Gasteiger partial charge in [0.15, 0.2) is 0 Å². The van der Waals surface area contributed by atoms with Crippen molar-refractivity contribution in [3.63, 3.8) is 0 Å². The van der Waals surface area contributed by atoms with E-state index in [0.717, 1.165) is 63.7 Å². The van der Waals surface area contributed by atoms with Crippen LogP contribution in [0.25, 0.3) is 0 Å². The molecule has 2 atom stereocenters. The van der Waals surface area contributed by atoms with Crippen molar-refractivity contribution in [3.8, 4) is 0 Å². The number of likely N-dealkylation sites (N-methyl/N-ethyl adjacent to an activating group) is 1. The van der Waals surface area contributed by atoms with E-state index < -0.39 is 11.7 Å². The van der Waals surface area contributed by atoms with Crippen LogP contribution in [0.5, 0.6) is 0 Å². The number of carbonyl (C=O) groups is 1. The Morgan fingerprint density at radius 2 is 1.72 bits per heavy atom. The third-order valence-corrected chi connectivity index (χ3v) is 8.95. The summed E-state index contributed by atoms with van der Waals surface area (Å²) in [6.45, 7) is 6.29. The monoisotopic (exact) mass is 593 g/mol. The summed E-state index contributed by atoms with van der Waals surface area (Å²) in [5.41, 5.74) is 2.29. The number of amides is 1. The summed E-state index contributed by atoms with van der Waals surface area (Å²) in [7, 11) is 1.89. The summed E-state index contributed by atoms with van der Waals surface area (Å²) in [4.78, 5) is 26.6. The zero-order valence-electron chi connectivity index (χ0n) is 24.9.